The number of nitrogens with one attached hydrogen (secondary N) is 1. The first-order valence-electron chi connectivity index (χ1n) is 11.6. The zero-order chi connectivity index (χ0) is 28.0. The Morgan fingerprint density at radius 2 is 1.68 bits per heavy atom. The van der Waals surface area contributed by atoms with Gasteiger partial charge in [-0.1, -0.05) is 29.8 Å². The van der Waals surface area contributed by atoms with Crippen molar-refractivity contribution < 1.29 is 31.2 Å². The quantitative estimate of drug-likeness (QED) is 0.425. The maximum absolute atomic E-state index is 13.2. The van der Waals surface area contributed by atoms with E-state index < -0.39 is 33.7 Å². The molecule has 0 aliphatic carbocycles. The zero-order valence-electron chi connectivity index (χ0n) is 21.0. The lowest BCUT2D eigenvalue weighted by Gasteiger charge is -2.30. The molecule has 12 heteroatoms. The number of hydrogen-bond donors (Lipinski definition) is 1. The molecule has 1 atom stereocenters. The summed E-state index contributed by atoms with van der Waals surface area (Å²) >= 11 is 5.94. The largest absolute Gasteiger partial charge is 0.416 e. The van der Waals surface area contributed by atoms with Crippen molar-refractivity contribution in [2.75, 3.05) is 17.1 Å². The summed E-state index contributed by atoms with van der Waals surface area (Å²) in [6.07, 6.45) is -3.85. The second-order valence-electron chi connectivity index (χ2n) is 8.97. The first-order chi connectivity index (χ1) is 17.1. The number of hydrogen-bond acceptors (Lipinski definition) is 4. The number of alkyl halides is 3. The van der Waals surface area contributed by atoms with E-state index in [9.17, 15) is 31.2 Å². The van der Waals surface area contributed by atoms with E-state index in [0.717, 1.165) is 34.3 Å². The van der Waals surface area contributed by atoms with Crippen LogP contribution in [0.15, 0.2) is 48.5 Å². The highest BCUT2D eigenvalue weighted by atomic mass is 35.5. The number of nitrogens with zero attached hydrogens (tertiary/aromatic N) is 2. The van der Waals surface area contributed by atoms with Crippen molar-refractivity contribution in [3.05, 3.63) is 64.7 Å². The van der Waals surface area contributed by atoms with Gasteiger partial charge in [0.25, 0.3) is 0 Å². The molecule has 0 aromatic heterocycles. The van der Waals surface area contributed by atoms with Gasteiger partial charge in [0.2, 0.25) is 21.8 Å². The van der Waals surface area contributed by atoms with Gasteiger partial charge in [-0.05, 0) is 63.1 Å². The van der Waals surface area contributed by atoms with Crippen LogP contribution >= 0.6 is 11.6 Å². The van der Waals surface area contributed by atoms with E-state index in [4.69, 9.17) is 11.6 Å². The fourth-order valence-corrected chi connectivity index (χ4v) is 4.70. The fraction of sp³-hybridized carbons (Fsp3) is 0.440. The van der Waals surface area contributed by atoms with Gasteiger partial charge in [-0.15, -0.1) is 0 Å². The molecule has 2 amide bonds. The molecule has 0 aliphatic heterocycles. The van der Waals surface area contributed by atoms with Crippen LogP contribution in [-0.2, 0) is 32.3 Å². The summed E-state index contributed by atoms with van der Waals surface area (Å²) in [5.74, 6) is -0.752. The van der Waals surface area contributed by atoms with Crippen molar-refractivity contribution in [1.82, 2.24) is 10.2 Å². The SMILES string of the molecule is CC(C)NC(=O)[C@H](C)N(Cc1ccc(Cl)cc1)C(=O)CCCN(c1cccc(C(F)(F)F)c1)S(C)(=O)=O. The van der Waals surface area contributed by atoms with Crippen LogP contribution in [0.5, 0.6) is 0 Å². The third kappa shape index (κ3) is 9.23. The molecule has 0 heterocycles. The monoisotopic (exact) mass is 561 g/mol. The van der Waals surface area contributed by atoms with Gasteiger partial charge in [0.1, 0.15) is 6.04 Å². The number of anilines is 1. The molecule has 0 saturated heterocycles. The molecular weight excluding hydrogens is 531 g/mol. The molecule has 0 unspecified atom stereocenters. The minimum absolute atomic E-state index is 0.0256. The second kappa shape index (κ2) is 12.6. The van der Waals surface area contributed by atoms with Crippen molar-refractivity contribution in [3.8, 4) is 0 Å². The highest BCUT2D eigenvalue weighted by Gasteiger charge is 2.32. The van der Waals surface area contributed by atoms with Gasteiger partial charge < -0.3 is 10.2 Å². The minimum Gasteiger partial charge on any atom is -0.352 e. The Morgan fingerprint density at radius 1 is 1.05 bits per heavy atom. The number of amides is 2. The molecule has 37 heavy (non-hydrogen) atoms. The minimum atomic E-state index is -4.63. The molecule has 2 rings (SSSR count). The predicted octanol–water partition coefficient (Wildman–Crippen LogP) is 4.85. The van der Waals surface area contributed by atoms with Crippen LogP contribution in [0.2, 0.25) is 5.02 Å². The lowest BCUT2D eigenvalue weighted by molar-refractivity contribution is -0.140. The molecular formula is C25H31ClF3N3O4S. The smallest absolute Gasteiger partial charge is 0.352 e. The van der Waals surface area contributed by atoms with Gasteiger partial charge in [-0.3, -0.25) is 13.9 Å². The molecule has 0 aliphatic rings. The Labute approximate surface area is 220 Å². The number of rotatable bonds is 11. The van der Waals surface area contributed by atoms with Crippen LogP contribution in [0.1, 0.15) is 44.7 Å². The van der Waals surface area contributed by atoms with E-state index in [1.54, 1.807) is 45.0 Å². The third-order valence-corrected chi connectivity index (χ3v) is 6.92. The van der Waals surface area contributed by atoms with Gasteiger partial charge in [0, 0.05) is 30.6 Å². The van der Waals surface area contributed by atoms with E-state index in [-0.39, 0.29) is 43.6 Å². The normalized spacial score (nSPS) is 12.8. The summed E-state index contributed by atoms with van der Waals surface area (Å²) in [5, 5.41) is 3.29. The Kier molecular flexibility index (Phi) is 10.4. The number of benzene rings is 2. The highest BCUT2D eigenvalue weighted by Crippen LogP contribution is 2.32. The van der Waals surface area contributed by atoms with E-state index in [1.807, 2.05) is 0 Å². The zero-order valence-corrected chi connectivity index (χ0v) is 22.6. The van der Waals surface area contributed by atoms with E-state index in [1.165, 1.54) is 11.0 Å². The molecule has 0 fully saturated rings. The highest BCUT2D eigenvalue weighted by molar-refractivity contribution is 7.92. The molecule has 2 aromatic rings. The lowest BCUT2D eigenvalue weighted by atomic mass is 10.1. The van der Waals surface area contributed by atoms with Gasteiger partial charge in [-0.2, -0.15) is 13.2 Å². The van der Waals surface area contributed by atoms with Crippen LogP contribution < -0.4 is 9.62 Å². The Balaban J connectivity index is 2.21. The van der Waals surface area contributed by atoms with E-state index >= 15 is 0 Å². The van der Waals surface area contributed by atoms with Crippen LogP contribution in [-0.4, -0.2) is 50.0 Å². The van der Waals surface area contributed by atoms with Crippen LogP contribution in [0, 0.1) is 0 Å². The first-order valence-corrected chi connectivity index (χ1v) is 13.8. The van der Waals surface area contributed by atoms with Crippen LogP contribution in [0.3, 0.4) is 0 Å². The van der Waals surface area contributed by atoms with Crippen molar-refractivity contribution in [2.45, 2.75) is 58.4 Å². The molecule has 204 valence electrons. The first kappa shape index (κ1) is 30.4. The summed E-state index contributed by atoms with van der Waals surface area (Å²) in [5.41, 5.74) is -0.384. The number of sulfonamides is 1. The van der Waals surface area contributed by atoms with Gasteiger partial charge in [-0.25, -0.2) is 8.42 Å². The standard InChI is InChI=1S/C25H31ClF3N3O4S/c1-17(2)30-24(34)18(3)31(16-19-10-12-21(26)13-11-19)23(33)9-6-14-32(37(4,35)36)22-8-5-7-20(15-22)25(27,28)29/h5,7-8,10-13,15,17-18H,6,9,14,16H2,1-4H3,(H,30,34)/t18-/m0/s1. The average Bonchev–Trinajstić information content (AvgIpc) is 2.79. The number of carbonyl (C=O) groups is 2. The predicted molar refractivity (Wildman–Crippen MR) is 138 cm³/mol. The van der Waals surface area contributed by atoms with Crippen molar-refractivity contribution in [1.29, 1.82) is 0 Å². The number of halogens is 4. The third-order valence-electron chi connectivity index (χ3n) is 5.48. The number of carbonyl (C=O) groups excluding carboxylic acids is 2. The maximum atomic E-state index is 13.2. The van der Waals surface area contributed by atoms with Gasteiger partial charge >= 0.3 is 6.18 Å². The fourth-order valence-electron chi connectivity index (χ4n) is 3.62. The molecule has 1 N–H and O–H groups in total. The molecule has 0 radical (unpaired) electrons. The summed E-state index contributed by atoms with van der Waals surface area (Å²) in [6, 6.07) is 9.84. The van der Waals surface area contributed by atoms with Crippen molar-refractivity contribution in [2.24, 2.45) is 0 Å². The average molecular weight is 562 g/mol. The molecule has 0 bridgehead atoms. The van der Waals surface area contributed by atoms with Crippen LogP contribution in [0.4, 0.5) is 18.9 Å². The van der Waals surface area contributed by atoms with Crippen molar-refractivity contribution in [3.63, 3.8) is 0 Å². The molecule has 0 saturated carbocycles. The maximum Gasteiger partial charge on any atom is 0.416 e. The summed E-state index contributed by atoms with van der Waals surface area (Å²) in [6.45, 7) is 5.09. The topological polar surface area (TPSA) is 86.8 Å². The summed E-state index contributed by atoms with van der Waals surface area (Å²) in [4.78, 5) is 27.2. The molecule has 7 nitrogen and oxygen atoms in total. The Morgan fingerprint density at radius 3 is 2.22 bits per heavy atom. The van der Waals surface area contributed by atoms with Gasteiger partial charge in [0.05, 0.1) is 17.5 Å². The van der Waals surface area contributed by atoms with Crippen molar-refractivity contribution >= 4 is 39.1 Å². The second-order valence-corrected chi connectivity index (χ2v) is 11.3. The lowest BCUT2D eigenvalue weighted by Crippen LogP contribution is -2.49. The summed E-state index contributed by atoms with van der Waals surface area (Å²) in [7, 11) is -3.93. The van der Waals surface area contributed by atoms with Crippen LogP contribution in [0.25, 0.3) is 0 Å². The van der Waals surface area contributed by atoms with Gasteiger partial charge in [0.15, 0.2) is 0 Å². The summed E-state index contributed by atoms with van der Waals surface area (Å²) < 4.78 is 65.0. The Hall–Kier alpha value is -2.79. The van der Waals surface area contributed by atoms with E-state index in [2.05, 4.69) is 5.32 Å². The van der Waals surface area contributed by atoms with E-state index in [0.29, 0.717) is 5.02 Å². The Bertz CT molecular complexity index is 1190. The molecule has 2 aromatic carbocycles. The molecule has 0 spiro atoms.